The molecule has 170 valence electrons. The van der Waals surface area contributed by atoms with Crippen LogP contribution < -0.4 is 10.6 Å². The van der Waals surface area contributed by atoms with E-state index in [2.05, 4.69) is 25.6 Å². The second-order valence-electron chi connectivity index (χ2n) is 7.79. The van der Waals surface area contributed by atoms with E-state index < -0.39 is 23.6 Å². The van der Waals surface area contributed by atoms with Gasteiger partial charge in [0.2, 0.25) is 5.95 Å². The molecule has 6 nitrogen and oxygen atoms in total. The SMILES string of the molecule is O=C(Nc1ccc(F)c(Cl)c1)c1ccc(F)c2c1CCC2Nc1nccc(-c2ccccn2)n1. The van der Waals surface area contributed by atoms with Crippen molar-refractivity contribution in [1.29, 1.82) is 0 Å². The van der Waals surface area contributed by atoms with Crippen molar-refractivity contribution in [3.63, 3.8) is 0 Å². The Labute approximate surface area is 199 Å². The summed E-state index contributed by atoms with van der Waals surface area (Å²) < 4.78 is 28.3. The Kier molecular flexibility index (Phi) is 5.90. The number of benzene rings is 2. The standard InChI is InChI=1S/C25H18ClF2N5O/c26-17-13-14(4-7-18(17)27)31-24(34)16-5-8-19(28)23-15(16)6-9-22(23)33-25-30-12-10-21(32-25)20-3-1-2-11-29-20/h1-5,7-8,10-13,22H,6,9H2,(H,31,34)(H,30,32,33). The Morgan fingerprint density at radius 1 is 0.971 bits per heavy atom. The highest BCUT2D eigenvalue weighted by molar-refractivity contribution is 6.31. The minimum atomic E-state index is -0.578. The van der Waals surface area contributed by atoms with Crippen molar-refractivity contribution < 1.29 is 13.6 Å². The molecule has 2 N–H and O–H groups in total. The molecule has 1 unspecified atom stereocenters. The molecule has 1 aliphatic carbocycles. The molecule has 1 atom stereocenters. The van der Waals surface area contributed by atoms with Gasteiger partial charge in [-0.3, -0.25) is 9.78 Å². The Hall–Kier alpha value is -3.91. The number of rotatable bonds is 5. The fourth-order valence-electron chi connectivity index (χ4n) is 4.09. The van der Waals surface area contributed by atoms with E-state index in [1.54, 1.807) is 18.5 Å². The minimum Gasteiger partial charge on any atom is -0.347 e. The summed E-state index contributed by atoms with van der Waals surface area (Å²) in [6.07, 6.45) is 4.36. The van der Waals surface area contributed by atoms with E-state index in [-0.39, 0.29) is 5.02 Å². The summed E-state index contributed by atoms with van der Waals surface area (Å²) in [6, 6.07) is 13.5. The number of nitrogens with zero attached hydrogens (tertiary/aromatic N) is 3. The number of aromatic nitrogens is 3. The van der Waals surface area contributed by atoms with Crippen LogP contribution in [-0.2, 0) is 6.42 Å². The summed E-state index contributed by atoms with van der Waals surface area (Å²) in [5.41, 5.74) is 3.07. The lowest BCUT2D eigenvalue weighted by Gasteiger charge is -2.16. The van der Waals surface area contributed by atoms with Gasteiger partial charge in [-0.25, -0.2) is 18.7 Å². The molecule has 1 amide bonds. The summed E-state index contributed by atoms with van der Waals surface area (Å²) in [4.78, 5) is 26.0. The molecule has 2 aromatic carbocycles. The fourth-order valence-corrected chi connectivity index (χ4v) is 4.27. The van der Waals surface area contributed by atoms with Gasteiger partial charge < -0.3 is 10.6 Å². The molecular formula is C25H18ClF2N5O. The van der Waals surface area contributed by atoms with Crippen LogP contribution in [0.25, 0.3) is 11.4 Å². The molecule has 1 aliphatic rings. The van der Waals surface area contributed by atoms with E-state index >= 15 is 0 Å². The van der Waals surface area contributed by atoms with Crippen LogP contribution in [0.5, 0.6) is 0 Å². The van der Waals surface area contributed by atoms with Crippen LogP contribution in [0.3, 0.4) is 0 Å². The van der Waals surface area contributed by atoms with Gasteiger partial charge in [0.15, 0.2) is 0 Å². The van der Waals surface area contributed by atoms with Gasteiger partial charge in [0.25, 0.3) is 5.91 Å². The average Bonchev–Trinajstić information content (AvgIpc) is 3.27. The molecule has 0 saturated heterocycles. The minimum absolute atomic E-state index is 0.0978. The zero-order valence-electron chi connectivity index (χ0n) is 17.7. The van der Waals surface area contributed by atoms with E-state index in [0.717, 1.165) is 0 Å². The number of anilines is 2. The Bertz CT molecular complexity index is 1380. The second kappa shape index (κ2) is 9.15. The van der Waals surface area contributed by atoms with Crippen LogP contribution in [0.15, 0.2) is 67.0 Å². The summed E-state index contributed by atoms with van der Waals surface area (Å²) in [5.74, 6) is -1.07. The average molecular weight is 478 g/mol. The highest BCUT2D eigenvalue weighted by Gasteiger charge is 2.30. The molecule has 2 aromatic heterocycles. The van der Waals surface area contributed by atoms with Gasteiger partial charge in [0, 0.05) is 29.2 Å². The third kappa shape index (κ3) is 4.32. The molecule has 0 fully saturated rings. The number of carbonyl (C=O) groups excluding carboxylic acids is 1. The number of amides is 1. The molecule has 0 saturated carbocycles. The zero-order valence-corrected chi connectivity index (χ0v) is 18.5. The molecular weight excluding hydrogens is 460 g/mol. The summed E-state index contributed by atoms with van der Waals surface area (Å²) in [7, 11) is 0. The van der Waals surface area contributed by atoms with Gasteiger partial charge in [-0.05, 0) is 66.9 Å². The van der Waals surface area contributed by atoms with Gasteiger partial charge in [0.1, 0.15) is 11.6 Å². The third-order valence-corrected chi connectivity index (χ3v) is 5.93. The van der Waals surface area contributed by atoms with Crippen LogP contribution in [0.2, 0.25) is 5.02 Å². The number of carbonyl (C=O) groups is 1. The quantitative estimate of drug-likeness (QED) is 0.378. The highest BCUT2D eigenvalue weighted by Crippen LogP contribution is 2.37. The largest absolute Gasteiger partial charge is 0.347 e. The lowest BCUT2D eigenvalue weighted by molar-refractivity contribution is 0.102. The third-order valence-electron chi connectivity index (χ3n) is 5.64. The van der Waals surface area contributed by atoms with Crippen LogP contribution in [0, 0.1) is 11.6 Å². The van der Waals surface area contributed by atoms with Crippen molar-refractivity contribution in [1.82, 2.24) is 15.0 Å². The lowest BCUT2D eigenvalue weighted by Crippen LogP contribution is -2.16. The Morgan fingerprint density at radius 3 is 2.62 bits per heavy atom. The molecule has 0 bridgehead atoms. The Balaban J connectivity index is 1.40. The first-order chi connectivity index (χ1) is 16.5. The van der Waals surface area contributed by atoms with E-state index in [9.17, 15) is 13.6 Å². The van der Waals surface area contributed by atoms with Crippen molar-refractivity contribution in [3.8, 4) is 11.4 Å². The summed E-state index contributed by atoms with van der Waals surface area (Å²) in [6.45, 7) is 0. The molecule has 4 aromatic rings. The lowest BCUT2D eigenvalue weighted by atomic mass is 10.0. The predicted octanol–water partition coefficient (Wildman–Crippen LogP) is 5.82. The highest BCUT2D eigenvalue weighted by atomic mass is 35.5. The van der Waals surface area contributed by atoms with E-state index in [4.69, 9.17) is 11.6 Å². The molecule has 2 heterocycles. The number of hydrogen-bond acceptors (Lipinski definition) is 5. The Morgan fingerprint density at radius 2 is 1.82 bits per heavy atom. The first kappa shape index (κ1) is 21.9. The van der Waals surface area contributed by atoms with Crippen molar-refractivity contribution in [2.45, 2.75) is 18.9 Å². The van der Waals surface area contributed by atoms with E-state index in [1.165, 1.54) is 30.3 Å². The summed E-state index contributed by atoms with van der Waals surface area (Å²) in [5, 5.41) is 5.80. The second-order valence-corrected chi connectivity index (χ2v) is 8.19. The zero-order chi connectivity index (χ0) is 23.7. The van der Waals surface area contributed by atoms with Crippen LogP contribution in [0.1, 0.15) is 33.9 Å². The molecule has 5 rings (SSSR count). The maximum atomic E-state index is 14.9. The normalized spacial score (nSPS) is 14.5. The van der Waals surface area contributed by atoms with Gasteiger partial charge in [-0.2, -0.15) is 0 Å². The van der Waals surface area contributed by atoms with Gasteiger partial charge in [-0.15, -0.1) is 0 Å². The first-order valence-electron chi connectivity index (χ1n) is 10.6. The van der Waals surface area contributed by atoms with Crippen molar-refractivity contribution in [2.75, 3.05) is 10.6 Å². The van der Waals surface area contributed by atoms with Crippen molar-refractivity contribution in [3.05, 3.63) is 100 Å². The number of pyridine rings is 1. The number of nitrogens with one attached hydrogen (secondary N) is 2. The molecule has 0 radical (unpaired) electrons. The number of fused-ring (bicyclic) bond motifs is 1. The smallest absolute Gasteiger partial charge is 0.255 e. The monoisotopic (exact) mass is 477 g/mol. The van der Waals surface area contributed by atoms with Crippen LogP contribution in [-0.4, -0.2) is 20.9 Å². The van der Waals surface area contributed by atoms with Gasteiger partial charge in [0.05, 0.1) is 22.5 Å². The fraction of sp³-hybridized carbons (Fsp3) is 0.120. The van der Waals surface area contributed by atoms with Crippen molar-refractivity contribution in [2.24, 2.45) is 0 Å². The predicted molar refractivity (Wildman–Crippen MR) is 126 cm³/mol. The van der Waals surface area contributed by atoms with Crippen LogP contribution >= 0.6 is 11.6 Å². The molecule has 0 aliphatic heterocycles. The van der Waals surface area contributed by atoms with Crippen molar-refractivity contribution >= 4 is 29.1 Å². The first-order valence-corrected chi connectivity index (χ1v) is 11.0. The molecule has 0 spiro atoms. The van der Waals surface area contributed by atoms with E-state index in [0.29, 0.717) is 52.6 Å². The maximum absolute atomic E-state index is 14.9. The molecule has 9 heteroatoms. The topological polar surface area (TPSA) is 79.8 Å². The van der Waals surface area contributed by atoms with Gasteiger partial charge >= 0.3 is 0 Å². The number of hydrogen-bond donors (Lipinski definition) is 2. The number of halogens is 3. The van der Waals surface area contributed by atoms with Gasteiger partial charge in [-0.1, -0.05) is 17.7 Å². The molecule has 34 heavy (non-hydrogen) atoms. The maximum Gasteiger partial charge on any atom is 0.255 e. The van der Waals surface area contributed by atoms with E-state index in [1.807, 2.05) is 18.2 Å². The van der Waals surface area contributed by atoms with Crippen LogP contribution in [0.4, 0.5) is 20.4 Å². The summed E-state index contributed by atoms with van der Waals surface area (Å²) >= 11 is 5.80.